The van der Waals surface area contributed by atoms with E-state index in [4.69, 9.17) is 5.11 Å². The quantitative estimate of drug-likeness (QED) is 0.394. The maximum atomic E-state index is 8.66. The fraction of sp³-hybridized carbons (Fsp3) is 0.875. The third kappa shape index (κ3) is 13.6. The fourth-order valence-corrected chi connectivity index (χ4v) is 2.11. The van der Waals surface area contributed by atoms with E-state index in [1.807, 2.05) is 0 Å². The summed E-state index contributed by atoms with van der Waals surface area (Å²) in [6.45, 7) is 7.10. The van der Waals surface area contributed by atoms with Gasteiger partial charge >= 0.3 is 0 Å². The van der Waals surface area contributed by atoms with E-state index >= 15 is 0 Å². The average molecular weight is 240 g/mol. The Hall–Kier alpha value is -0.300. The molecule has 0 bridgehead atoms. The first-order valence-electron chi connectivity index (χ1n) is 7.41. The zero-order valence-electron chi connectivity index (χ0n) is 12.2. The first-order chi connectivity index (χ1) is 8.16. The van der Waals surface area contributed by atoms with Crippen LogP contribution in [0.2, 0.25) is 0 Å². The summed E-state index contributed by atoms with van der Waals surface area (Å²) in [5.74, 6) is 0.878. The van der Waals surface area contributed by atoms with Crippen LogP contribution in [0.1, 0.15) is 78.6 Å². The van der Waals surface area contributed by atoms with Crippen molar-refractivity contribution in [2.75, 3.05) is 6.61 Å². The van der Waals surface area contributed by atoms with Crippen LogP contribution in [-0.4, -0.2) is 11.7 Å². The minimum absolute atomic E-state index is 0.362. The van der Waals surface area contributed by atoms with Gasteiger partial charge in [0.1, 0.15) is 0 Å². The van der Waals surface area contributed by atoms with E-state index in [0.29, 0.717) is 6.61 Å². The number of aliphatic hydroxyl groups is 1. The highest BCUT2D eigenvalue weighted by molar-refractivity contribution is 4.92. The molecule has 0 saturated heterocycles. The van der Waals surface area contributed by atoms with E-state index in [1.54, 1.807) is 0 Å². The molecule has 0 aromatic rings. The van der Waals surface area contributed by atoms with Crippen LogP contribution < -0.4 is 0 Å². The highest BCUT2D eigenvalue weighted by atomic mass is 16.2. The monoisotopic (exact) mass is 240 g/mol. The lowest BCUT2D eigenvalue weighted by molar-refractivity contribution is 0.282. The van der Waals surface area contributed by atoms with Crippen LogP contribution in [0.5, 0.6) is 0 Å². The van der Waals surface area contributed by atoms with Gasteiger partial charge in [-0.15, -0.1) is 0 Å². The third-order valence-electron chi connectivity index (χ3n) is 3.32. The molecule has 0 aliphatic carbocycles. The number of rotatable bonds is 11. The van der Waals surface area contributed by atoms with Crippen molar-refractivity contribution >= 4 is 0 Å². The van der Waals surface area contributed by atoms with Crippen molar-refractivity contribution in [3.8, 4) is 0 Å². The predicted octanol–water partition coefficient (Wildman–Crippen LogP) is 5.09. The average Bonchev–Trinajstić information content (AvgIpc) is 2.27. The summed E-state index contributed by atoms with van der Waals surface area (Å²) in [5, 5.41) is 8.66. The molecule has 0 fully saturated rings. The van der Waals surface area contributed by atoms with Gasteiger partial charge in [0.25, 0.3) is 0 Å². The van der Waals surface area contributed by atoms with Crippen LogP contribution in [-0.2, 0) is 0 Å². The number of hydrogen-bond donors (Lipinski definition) is 1. The lowest BCUT2D eigenvalue weighted by atomic mass is 9.97. The van der Waals surface area contributed by atoms with Crippen molar-refractivity contribution in [3.63, 3.8) is 0 Å². The second-order valence-electron chi connectivity index (χ2n) is 5.60. The molecule has 102 valence electrons. The normalized spacial score (nSPS) is 12.5. The molecule has 0 aromatic carbocycles. The van der Waals surface area contributed by atoms with Gasteiger partial charge in [-0.25, -0.2) is 0 Å². The van der Waals surface area contributed by atoms with Crippen LogP contribution in [0, 0.1) is 5.92 Å². The topological polar surface area (TPSA) is 20.2 Å². The summed E-state index contributed by atoms with van der Waals surface area (Å²) in [4.78, 5) is 0. The first kappa shape index (κ1) is 16.7. The second-order valence-corrected chi connectivity index (χ2v) is 5.60. The Labute approximate surface area is 108 Å². The van der Waals surface area contributed by atoms with Gasteiger partial charge in [-0.2, -0.15) is 0 Å². The molecule has 17 heavy (non-hydrogen) atoms. The molecule has 0 aliphatic heterocycles. The molecule has 1 heteroatoms. The highest BCUT2D eigenvalue weighted by Crippen LogP contribution is 2.16. The van der Waals surface area contributed by atoms with E-state index < -0.39 is 0 Å². The molecular weight excluding hydrogens is 208 g/mol. The number of aliphatic hydroxyl groups excluding tert-OH is 1. The Morgan fingerprint density at radius 3 is 2.12 bits per heavy atom. The molecule has 0 aliphatic rings. The van der Waals surface area contributed by atoms with Crippen LogP contribution in [0.4, 0.5) is 0 Å². The smallest absolute Gasteiger partial charge is 0.0431 e. The van der Waals surface area contributed by atoms with Crippen LogP contribution in [0.15, 0.2) is 11.6 Å². The third-order valence-corrected chi connectivity index (χ3v) is 3.32. The Kier molecular flexibility index (Phi) is 12.0. The van der Waals surface area contributed by atoms with Crippen LogP contribution >= 0.6 is 0 Å². The highest BCUT2D eigenvalue weighted by Gasteiger charge is 2.00. The van der Waals surface area contributed by atoms with Gasteiger partial charge in [-0.3, -0.25) is 0 Å². The van der Waals surface area contributed by atoms with Crippen molar-refractivity contribution in [3.05, 3.63) is 11.6 Å². The van der Waals surface area contributed by atoms with Gasteiger partial charge in [0, 0.05) is 6.61 Å². The maximum absolute atomic E-state index is 8.66. The van der Waals surface area contributed by atoms with Gasteiger partial charge in [0.2, 0.25) is 0 Å². The minimum atomic E-state index is 0.362. The lowest BCUT2D eigenvalue weighted by Crippen LogP contribution is -1.94. The largest absolute Gasteiger partial charge is 0.396 e. The van der Waals surface area contributed by atoms with Crippen molar-refractivity contribution in [2.45, 2.75) is 78.6 Å². The fourth-order valence-electron chi connectivity index (χ4n) is 2.11. The van der Waals surface area contributed by atoms with E-state index in [-0.39, 0.29) is 0 Å². The zero-order chi connectivity index (χ0) is 12.9. The van der Waals surface area contributed by atoms with Crippen LogP contribution in [0.25, 0.3) is 0 Å². The zero-order valence-corrected chi connectivity index (χ0v) is 12.2. The molecule has 1 N–H and O–H groups in total. The van der Waals surface area contributed by atoms with Gasteiger partial charge in [0.05, 0.1) is 0 Å². The Morgan fingerprint density at radius 1 is 0.941 bits per heavy atom. The van der Waals surface area contributed by atoms with Crippen molar-refractivity contribution in [2.24, 2.45) is 5.92 Å². The number of hydrogen-bond acceptors (Lipinski definition) is 1. The van der Waals surface area contributed by atoms with E-state index in [2.05, 4.69) is 26.8 Å². The molecule has 1 nitrogen and oxygen atoms in total. The summed E-state index contributed by atoms with van der Waals surface area (Å²) in [5.41, 5.74) is 1.45. The standard InChI is InChI=1S/C16H32O/c1-15(2)11-10-13-16(3)12-8-6-4-5-7-9-14-17/h11,16-17H,4-10,12-14H2,1-3H3/t16-/m0/s1. The molecule has 0 aromatic heterocycles. The Balaban J connectivity index is 3.21. The summed E-state index contributed by atoms with van der Waals surface area (Å²) in [6, 6.07) is 0. The number of allylic oxidation sites excluding steroid dienone is 2. The predicted molar refractivity (Wildman–Crippen MR) is 77.2 cm³/mol. The van der Waals surface area contributed by atoms with Crippen molar-refractivity contribution < 1.29 is 5.11 Å². The van der Waals surface area contributed by atoms with Crippen LogP contribution in [0.3, 0.4) is 0 Å². The molecule has 0 radical (unpaired) electrons. The van der Waals surface area contributed by atoms with Crippen molar-refractivity contribution in [1.29, 1.82) is 0 Å². The van der Waals surface area contributed by atoms with Gasteiger partial charge < -0.3 is 5.11 Å². The summed E-state index contributed by atoms with van der Waals surface area (Å²) in [6.07, 6.45) is 13.9. The maximum Gasteiger partial charge on any atom is 0.0431 e. The van der Waals surface area contributed by atoms with Gasteiger partial charge in [0.15, 0.2) is 0 Å². The van der Waals surface area contributed by atoms with Crippen molar-refractivity contribution in [1.82, 2.24) is 0 Å². The molecule has 0 saturated carbocycles. The molecular formula is C16H32O. The molecule has 0 rings (SSSR count). The van der Waals surface area contributed by atoms with E-state index in [9.17, 15) is 0 Å². The molecule has 0 unspecified atom stereocenters. The Morgan fingerprint density at radius 2 is 1.53 bits per heavy atom. The summed E-state index contributed by atoms with van der Waals surface area (Å²) < 4.78 is 0. The number of unbranched alkanes of at least 4 members (excludes halogenated alkanes) is 5. The second kappa shape index (κ2) is 12.2. The molecule has 1 atom stereocenters. The summed E-state index contributed by atoms with van der Waals surface area (Å²) >= 11 is 0. The first-order valence-corrected chi connectivity index (χ1v) is 7.41. The molecule has 0 heterocycles. The molecule has 0 amide bonds. The minimum Gasteiger partial charge on any atom is -0.396 e. The van der Waals surface area contributed by atoms with E-state index in [0.717, 1.165) is 12.3 Å². The van der Waals surface area contributed by atoms with Gasteiger partial charge in [-0.1, -0.05) is 57.1 Å². The lowest BCUT2D eigenvalue weighted by Gasteiger charge is -2.09. The Bertz CT molecular complexity index is 180. The van der Waals surface area contributed by atoms with E-state index in [1.165, 1.54) is 56.9 Å². The summed E-state index contributed by atoms with van der Waals surface area (Å²) in [7, 11) is 0. The SMILES string of the molecule is CC(C)=CCC[C@@H](C)CCCCCCCCO. The van der Waals surface area contributed by atoms with Gasteiger partial charge in [-0.05, 0) is 39.0 Å². The molecule has 0 spiro atoms.